The number of hydrogen-bond acceptors (Lipinski definition) is 3. The van der Waals surface area contributed by atoms with Crippen LogP contribution in [0.4, 0.5) is 0 Å². The molecule has 0 bridgehead atoms. The highest BCUT2D eigenvalue weighted by molar-refractivity contribution is 6.37. The molecule has 3 rings (SSSR count). The molecule has 0 aliphatic rings. The van der Waals surface area contributed by atoms with Crippen molar-refractivity contribution in [2.45, 2.75) is 6.92 Å². The monoisotopic (exact) mass is 318 g/mol. The van der Waals surface area contributed by atoms with E-state index in [-0.39, 0.29) is 0 Å². The molecule has 2 aromatic heterocycles. The highest BCUT2D eigenvalue weighted by Gasteiger charge is 2.16. The molecule has 0 amide bonds. The molecule has 3 aromatic rings. The summed E-state index contributed by atoms with van der Waals surface area (Å²) in [5, 5.41) is 4.75. The molecule has 1 aromatic carbocycles. The molecule has 0 fully saturated rings. The molecule has 0 N–H and O–H groups in total. The zero-order chi connectivity index (χ0) is 15.0. The van der Waals surface area contributed by atoms with Gasteiger partial charge in [0.05, 0.1) is 5.56 Å². The third-order valence-electron chi connectivity index (χ3n) is 3.21. The second kappa shape index (κ2) is 5.47. The van der Waals surface area contributed by atoms with Crippen LogP contribution in [-0.4, -0.2) is 19.7 Å². The Morgan fingerprint density at radius 3 is 2.10 bits per heavy atom. The molecule has 4 nitrogen and oxygen atoms in total. The van der Waals surface area contributed by atoms with Gasteiger partial charge in [0, 0.05) is 13.2 Å². The predicted molar refractivity (Wildman–Crippen MR) is 84.4 cm³/mol. The molecule has 0 spiro atoms. The van der Waals surface area contributed by atoms with Gasteiger partial charge in [-0.1, -0.05) is 53.0 Å². The van der Waals surface area contributed by atoms with Crippen molar-refractivity contribution in [1.82, 2.24) is 19.7 Å². The van der Waals surface area contributed by atoms with Crippen LogP contribution in [0.25, 0.3) is 22.6 Å². The summed E-state index contributed by atoms with van der Waals surface area (Å²) in [6.45, 7) is 2.02. The van der Waals surface area contributed by atoms with Crippen molar-refractivity contribution in [2.75, 3.05) is 0 Å². The Morgan fingerprint density at radius 1 is 0.952 bits per heavy atom. The van der Waals surface area contributed by atoms with E-state index >= 15 is 0 Å². The molecular formula is C15H12Cl2N4. The molecule has 0 atom stereocenters. The number of benzene rings is 1. The van der Waals surface area contributed by atoms with Crippen molar-refractivity contribution in [3.05, 3.63) is 52.4 Å². The average molecular weight is 319 g/mol. The normalized spacial score (nSPS) is 10.9. The van der Waals surface area contributed by atoms with Gasteiger partial charge in [0.2, 0.25) is 0 Å². The number of aromatic nitrogens is 4. The Hall–Kier alpha value is -1.91. The van der Waals surface area contributed by atoms with Crippen LogP contribution in [0.15, 0.2) is 36.5 Å². The van der Waals surface area contributed by atoms with Gasteiger partial charge in [-0.2, -0.15) is 5.10 Å². The summed E-state index contributed by atoms with van der Waals surface area (Å²) >= 11 is 12.6. The first-order valence-electron chi connectivity index (χ1n) is 6.34. The molecule has 0 saturated heterocycles. The van der Waals surface area contributed by atoms with Gasteiger partial charge in [-0.15, -0.1) is 0 Å². The predicted octanol–water partition coefficient (Wildman–Crippen LogP) is 4.16. The van der Waals surface area contributed by atoms with Crippen LogP contribution in [0.3, 0.4) is 0 Å². The van der Waals surface area contributed by atoms with E-state index in [2.05, 4.69) is 15.1 Å². The van der Waals surface area contributed by atoms with Crippen LogP contribution in [-0.2, 0) is 7.05 Å². The molecule has 106 valence electrons. The summed E-state index contributed by atoms with van der Waals surface area (Å²) in [5.74, 6) is 0.459. The minimum atomic E-state index is 0.329. The topological polar surface area (TPSA) is 43.6 Å². The summed E-state index contributed by atoms with van der Waals surface area (Å²) in [5.41, 5.74) is 3.46. The molecule has 0 radical (unpaired) electrons. The Labute approximate surface area is 132 Å². The SMILES string of the molecule is Cc1ccc(-c2c(Cl)nc(-c3ccnn3C)nc2Cl)cc1. The Kier molecular flexibility index (Phi) is 3.66. The maximum absolute atomic E-state index is 6.31. The van der Waals surface area contributed by atoms with Crippen LogP contribution in [0.2, 0.25) is 10.3 Å². The largest absolute Gasteiger partial charge is 0.265 e. The lowest BCUT2D eigenvalue weighted by molar-refractivity contribution is 0.770. The molecule has 0 aliphatic heterocycles. The van der Waals surface area contributed by atoms with E-state index in [1.807, 2.05) is 44.3 Å². The summed E-state index contributed by atoms with van der Waals surface area (Å²) < 4.78 is 1.67. The molecule has 0 aliphatic carbocycles. The molecule has 21 heavy (non-hydrogen) atoms. The minimum Gasteiger partial charge on any atom is -0.265 e. The van der Waals surface area contributed by atoms with E-state index in [0.717, 1.165) is 11.3 Å². The number of hydrogen-bond donors (Lipinski definition) is 0. The van der Waals surface area contributed by atoms with Gasteiger partial charge in [-0.3, -0.25) is 4.68 Å². The van der Waals surface area contributed by atoms with Crippen molar-refractivity contribution in [1.29, 1.82) is 0 Å². The Morgan fingerprint density at radius 2 is 1.57 bits per heavy atom. The van der Waals surface area contributed by atoms with Crippen molar-refractivity contribution in [3.8, 4) is 22.6 Å². The maximum Gasteiger partial charge on any atom is 0.180 e. The maximum atomic E-state index is 6.31. The highest BCUT2D eigenvalue weighted by atomic mass is 35.5. The van der Waals surface area contributed by atoms with Crippen molar-refractivity contribution >= 4 is 23.2 Å². The molecule has 0 saturated carbocycles. The summed E-state index contributed by atoms with van der Waals surface area (Å²) in [4.78, 5) is 8.69. The van der Waals surface area contributed by atoms with E-state index in [1.165, 1.54) is 5.56 Å². The lowest BCUT2D eigenvalue weighted by Gasteiger charge is -2.09. The van der Waals surface area contributed by atoms with Gasteiger partial charge in [0.1, 0.15) is 16.0 Å². The third kappa shape index (κ3) is 2.64. The Balaban J connectivity index is 2.13. The van der Waals surface area contributed by atoms with Gasteiger partial charge < -0.3 is 0 Å². The fraction of sp³-hybridized carbons (Fsp3) is 0.133. The standard InChI is InChI=1S/C15H12Cl2N4/c1-9-3-5-10(6-4-9)12-13(16)19-15(20-14(12)17)11-7-8-18-21(11)2/h3-8H,1-2H3. The number of aryl methyl sites for hydroxylation is 2. The lowest BCUT2D eigenvalue weighted by Crippen LogP contribution is -2.00. The quantitative estimate of drug-likeness (QED) is 0.666. The summed E-state index contributed by atoms with van der Waals surface area (Å²) in [7, 11) is 1.81. The smallest absolute Gasteiger partial charge is 0.180 e. The number of nitrogens with zero attached hydrogens (tertiary/aromatic N) is 4. The first kappa shape index (κ1) is 14.0. The molecular weight excluding hydrogens is 307 g/mol. The third-order valence-corrected chi connectivity index (χ3v) is 3.76. The molecule has 6 heteroatoms. The van der Waals surface area contributed by atoms with Gasteiger partial charge in [-0.25, -0.2) is 9.97 Å². The zero-order valence-electron chi connectivity index (χ0n) is 11.5. The Bertz CT molecular complexity index is 771. The zero-order valence-corrected chi connectivity index (χ0v) is 13.0. The molecule has 0 unspecified atom stereocenters. The van der Waals surface area contributed by atoms with Crippen molar-refractivity contribution in [3.63, 3.8) is 0 Å². The van der Waals surface area contributed by atoms with E-state index < -0.39 is 0 Å². The lowest BCUT2D eigenvalue weighted by atomic mass is 10.1. The first-order valence-corrected chi connectivity index (χ1v) is 7.10. The number of rotatable bonds is 2. The number of halogens is 2. The summed E-state index contributed by atoms with van der Waals surface area (Å²) in [6, 6.07) is 9.71. The van der Waals surface area contributed by atoms with Crippen LogP contribution < -0.4 is 0 Å². The van der Waals surface area contributed by atoms with Crippen LogP contribution in [0.5, 0.6) is 0 Å². The highest BCUT2D eigenvalue weighted by Crippen LogP contribution is 2.34. The van der Waals surface area contributed by atoms with Crippen LogP contribution in [0, 0.1) is 6.92 Å². The van der Waals surface area contributed by atoms with Crippen molar-refractivity contribution < 1.29 is 0 Å². The van der Waals surface area contributed by atoms with Gasteiger partial charge in [-0.05, 0) is 18.6 Å². The van der Waals surface area contributed by atoms with Crippen LogP contribution in [0.1, 0.15) is 5.56 Å². The van der Waals surface area contributed by atoms with Gasteiger partial charge in [0.25, 0.3) is 0 Å². The fourth-order valence-corrected chi connectivity index (χ4v) is 2.68. The van der Waals surface area contributed by atoms with Crippen LogP contribution >= 0.6 is 23.2 Å². The molecule has 2 heterocycles. The minimum absolute atomic E-state index is 0.329. The van der Waals surface area contributed by atoms with E-state index in [1.54, 1.807) is 10.9 Å². The van der Waals surface area contributed by atoms with E-state index in [9.17, 15) is 0 Å². The second-order valence-electron chi connectivity index (χ2n) is 4.71. The van der Waals surface area contributed by atoms with Gasteiger partial charge >= 0.3 is 0 Å². The second-order valence-corrected chi connectivity index (χ2v) is 5.43. The van der Waals surface area contributed by atoms with Gasteiger partial charge in [0.15, 0.2) is 5.82 Å². The fourth-order valence-electron chi connectivity index (χ4n) is 2.07. The summed E-state index contributed by atoms with van der Waals surface area (Å²) in [6.07, 6.45) is 1.67. The average Bonchev–Trinajstić information content (AvgIpc) is 2.86. The van der Waals surface area contributed by atoms with E-state index in [0.29, 0.717) is 21.7 Å². The van der Waals surface area contributed by atoms with Crippen molar-refractivity contribution in [2.24, 2.45) is 7.05 Å². The van der Waals surface area contributed by atoms with E-state index in [4.69, 9.17) is 23.2 Å². The first-order chi connectivity index (χ1) is 10.1.